The van der Waals surface area contributed by atoms with Crippen LogP contribution in [0, 0.1) is 0 Å². The minimum atomic E-state index is -1.52. The van der Waals surface area contributed by atoms with Gasteiger partial charge in [-0.05, 0) is 25.7 Å². The van der Waals surface area contributed by atoms with Crippen LogP contribution < -0.4 is 0 Å². The van der Waals surface area contributed by atoms with Crippen molar-refractivity contribution in [3.63, 3.8) is 0 Å². The van der Waals surface area contributed by atoms with E-state index in [1.165, 1.54) is 0 Å². The van der Waals surface area contributed by atoms with Crippen LogP contribution in [-0.4, -0.2) is 83.6 Å². The number of carbonyl (C=O) groups is 1. The molecule has 10 heteroatoms. The Morgan fingerprint density at radius 2 is 1.38 bits per heavy atom. The molecule has 2 N–H and O–H groups in total. The van der Waals surface area contributed by atoms with Gasteiger partial charge in [-0.3, -0.25) is 0 Å². The van der Waals surface area contributed by atoms with E-state index in [1.807, 2.05) is 0 Å². The third kappa shape index (κ3) is 3.55. The molecule has 0 amide bonds. The van der Waals surface area contributed by atoms with Crippen molar-refractivity contribution < 1.29 is 48.2 Å². The first-order valence-electron chi connectivity index (χ1n) is 12.0. The summed E-state index contributed by atoms with van der Waals surface area (Å²) in [5, 5.41) is 21.6. The number of ether oxygens (including phenoxy) is 7. The van der Waals surface area contributed by atoms with Crippen molar-refractivity contribution in [2.24, 2.45) is 0 Å². The summed E-state index contributed by atoms with van der Waals surface area (Å²) >= 11 is 0. The molecule has 6 rings (SSSR count). The highest BCUT2D eigenvalue weighted by Crippen LogP contribution is 2.47. The van der Waals surface area contributed by atoms with E-state index in [1.54, 1.807) is 0 Å². The lowest BCUT2D eigenvalue weighted by molar-refractivity contribution is -0.289. The van der Waals surface area contributed by atoms with Crippen molar-refractivity contribution in [3.05, 3.63) is 0 Å². The van der Waals surface area contributed by atoms with Gasteiger partial charge in [0.15, 0.2) is 36.7 Å². The Morgan fingerprint density at radius 1 is 0.812 bits per heavy atom. The molecule has 4 heterocycles. The Hall–Kier alpha value is -0.690. The maximum Gasteiger partial charge on any atom is 0.190 e. The highest BCUT2D eigenvalue weighted by molar-refractivity contribution is 5.58. The SMILES string of the molecule is O=C[C@@H]1O[C@H]2OC3(CCCCC3)O[C@H]2[C@@H]1O[C@@H](O)[C@@H]1O[C@H]2OC3(CCCCC3)O[C@H]2[C@@H]1O. The maximum absolute atomic E-state index is 11.6. The largest absolute Gasteiger partial charge is 0.387 e. The van der Waals surface area contributed by atoms with Gasteiger partial charge in [0.2, 0.25) is 0 Å². The highest BCUT2D eigenvalue weighted by atomic mass is 16.9. The van der Waals surface area contributed by atoms with E-state index >= 15 is 0 Å². The summed E-state index contributed by atoms with van der Waals surface area (Å²) in [6, 6.07) is 0. The molecule has 2 saturated carbocycles. The monoisotopic (exact) mass is 456 g/mol. The molecule has 0 aromatic rings. The number of hydrogen-bond donors (Lipinski definition) is 2. The van der Waals surface area contributed by atoms with Gasteiger partial charge in [-0.1, -0.05) is 12.8 Å². The predicted molar refractivity (Wildman–Crippen MR) is 104 cm³/mol. The predicted octanol–water partition coefficient (Wildman–Crippen LogP) is 0.851. The van der Waals surface area contributed by atoms with E-state index < -0.39 is 67.1 Å². The van der Waals surface area contributed by atoms with Crippen LogP contribution in [-0.2, 0) is 38.0 Å². The van der Waals surface area contributed by atoms with Crippen LogP contribution in [0.5, 0.6) is 0 Å². The van der Waals surface area contributed by atoms with Crippen LogP contribution in [0.3, 0.4) is 0 Å². The van der Waals surface area contributed by atoms with E-state index in [9.17, 15) is 15.0 Å². The standard InChI is InChI=1S/C22H32O10/c23-11-12-14(17-20(26-12)32-22(30-17)9-5-2-6-10-22)27-18(25)15-13(24)16-19(28-15)31-21(29-16)7-3-1-4-8-21/h11-20,24-25H,1-10H2/t12-,13+,14+,15+,16-,17-,18+,19-,20-/m0/s1. The minimum absolute atomic E-state index is 0.621. The second-order valence-corrected chi connectivity index (χ2v) is 9.90. The zero-order valence-corrected chi connectivity index (χ0v) is 18.0. The third-order valence-corrected chi connectivity index (χ3v) is 7.75. The van der Waals surface area contributed by atoms with Crippen molar-refractivity contribution in [2.75, 3.05) is 0 Å². The van der Waals surface area contributed by atoms with Crippen LogP contribution >= 0.6 is 0 Å². The average Bonchev–Trinajstić information content (AvgIpc) is 3.49. The summed E-state index contributed by atoms with van der Waals surface area (Å²) in [6.07, 6.45) is 1.55. The molecule has 0 radical (unpaired) electrons. The first-order valence-corrected chi connectivity index (χ1v) is 12.0. The van der Waals surface area contributed by atoms with Crippen molar-refractivity contribution >= 4 is 6.29 Å². The first-order chi connectivity index (χ1) is 15.5. The number of aliphatic hydroxyl groups excluding tert-OH is 2. The number of aliphatic hydroxyl groups is 2. The topological polar surface area (TPSA) is 122 Å². The summed E-state index contributed by atoms with van der Waals surface area (Å²) < 4.78 is 41.7. The van der Waals surface area contributed by atoms with Gasteiger partial charge in [-0.2, -0.15) is 0 Å². The van der Waals surface area contributed by atoms with E-state index in [2.05, 4.69) is 0 Å². The molecule has 9 atom stereocenters. The van der Waals surface area contributed by atoms with Gasteiger partial charge in [-0.15, -0.1) is 0 Å². The van der Waals surface area contributed by atoms with Crippen LogP contribution in [0.25, 0.3) is 0 Å². The minimum Gasteiger partial charge on any atom is -0.387 e. The third-order valence-electron chi connectivity index (χ3n) is 7.75. The molecule has 180 valence electrons. The highest BCUT2D eigenvalue weighted by Gasteiger charge is 2.62. The number of rotatable bonds is 4. The van der Waals surface area contributed by atoms with E-state index in [-0.39, 0.29) is 0 Å². The van der Waals surface area contributed by atoms with Gasteiger partial charge < -0.3 is 48.2 Å². The molecule has 0 bridgehead atoms. The molecule has 0 aromatic heterocycles. The summed E-state index contributed by atoms with van der Waals surface area (Å²) in [7, 11) is 0. The molecule has 2 spiro atoms. The molecule has 0 unspecified atom stereocenters. The fourth-order valence-electron chi connectivity index (χ4n) is 6.12. The van der Waals surface area contributed by atoms with Gasteiger partial charge in [0.05, 0.1) is 0 Å². The Labute approximate surface area is 186 Å². The Morgan fingerprint density at radius 3 is 1.94 bits per heavy atom. The van der Waals surface area contributed by atoms with Crippen LogP contribution in [0.4, 0.5) is 0 Å². The zero-order valence-electron chi connectivity index (χ0n) is 18.0. The van der Waals surface area contributed by atoms with Gasteiger partial charge in [0.1, 0.15) is 36.6 Å². The summed E-state index contributed by atoms with van der Waals surface area (Å²) in [4.78, 5) is 11.6. The van der Waals surface area contributed by atoms with Gasteiger partial charge in [0, 0.05) is 25.7 Å². The maximum atomic E-state index is 11.6. The van der Waals surface area contributed by atoms with Crippen molar-refractivity contribution in [3.8, 4) is 0 Å². The average molecular weight is 456 g/mol. The lowest BCUT2D eigenvalue weighted by Gasteiger charge is -2.35. The second-order valence-electron chi connectivity index (χ2n) is 9.90. The summed E-state index contributed by atoms with van der Waals surface area (Å²) in [5.74, 6) is -1.42. The van der Waals surface area contributed by atoms with Crippen molar-refractivity contribution in [2.45, 2.75) is 131 Å². The molecule has 0 aromatic carbocycles. The van der Waals surface area contributed by atoms with E-state index in [4.69, 9.17) is 33.2 Å². The molecular formula is C22H32O10. The van der Waals surface area contributed by atoms with E-state index in [0.717, 1.165) is 64.2 Å². The Bertz CT molecular complexity index is 705. The molecule has 4 aliphatic heterocycles. The summed E-state index contributed by atoms with van der Waals surface area (Å²) in [5.41, 5.74) is 0. The molecular weight excluding hydrogens is 424 g/mol. The molecule has 10 nitrogen and oxygen atoms in total. The first kappa shape index (κ1) is 21.8. The number of carbonyl (C=O) groups excluding carboxylic acids is 1. The quantitative estimate of drug-likeness (QED) is 0.465. The number of fused-ring (bicyclic) bond motifs is 2. The van der Waals surface area contributed by atoms with Crippen LogP contribution in [0.1, 0.15) is 64.2 Å². The zero-order chi connectivity index (χ0) is 21.9. The van der Waals surface area contributed by atoms with Gasteiger partial charge in [0.25, 0.3) is 0 Å². The van der Waals surface area contributed by atoms with Crippen LogP contribution in [0.2, 0.25) is 0 Å². The fraction of sp³-hybridized carbons (Fsp3) is 0.955. The molecule has 6 aliphatic rings. The lowest BCUT2D eigenvalue weighted by atomic mass is 9.94. The number of hydrogen-bond acceptors (Lipinski definition) is 10. The van der Waals surface area contributed by atoms with Crippen molar-refractivity contribution in [1.82, 2.24) is 0 Å². The second kappa shape index (κ2) is 8.21. The summed E-state index contributed by atoms with van der Waals surface area (Å²) in [6.45, 7) is 0. The van der Waals surface area contributed by atoms with Crippen molar-refractivity contribution in [1.29, 1.82) is 0 Å². The van der Waals surface area contributed by atoms with Crippen LogP contribution in [0.15, 0.2) is 0 Å². The fourth-order valence-corrected chi connectivity index (χ4v) is 6.12. The Kier molecular flexibility index (Phi) is 5.60. The van der Waals surface area contributed by atoms with Gasteiger partial charge >= 0.3 is 0 Å². The van der Waals surface area contributed by atoms with Gasteiger partial charge in [-0.25, -0.2) is 0 Å². The molecule has 4 saturated heterocycles. The number of aldehydes is 1. The lowest BCUT2D eigenvalue weighted by Crippen LogP contribution is -2.48. The smallest absolute Gasteiger partial charge is 0.190 e. The van der Waals surface area contributed by atoms with E-state index in [0.29, 0.717) is 6.29 Å². The molecule has 32 heavy (non-hydrogen) atoms. The molecule has 2 aliphatic carbocycles. The normalized spacial score (nSPS) is 47.6. The Balaban J connectivity index is 1.11. The molecule has 6 fully saturated rings.